The molecule has 0 aromatic rings. The summed E-state index contributed by atoms with van der Waals surface area (Å²) in [7, 11) is 0. The van der Waals surface area contributed by atoms with Gasteiger partial charge in [0, 0.05) is 11.8 Å². The normalized spacial score (nSPS) is 48.5. The lowest BCUT2D eigenvalue weighted by Crippen LogP contribution is -2.95. The van der Waals surface area contributed by atoms with E-state index in [9.17, 15) is 0 Å². The van der Waals surface area contributed by atoms with Gasteiger partial charge in [0.2, 0.25) is 0 Å². The van der Waals surface area contributed by atoms with Crippen LogP contribution in [0.5, 0.6) is 0 Å². The summed E-state index contributed by atoms with van der Waals surface area (Å²) in [4.78, 5) is 0. The van der Waals surface area contributed by atoms with Crippen molar-refractivity contribution in [1.82, 2.24) is 0 Å². The SMILES string of the molecule is C[C@H]1CC[NH2+][C@@H]2[C@H]1CCC[C@@H]2C. The van der Waals surface area contributed by atoms with Crippen molar-refractivity contribution in [3.05, 3.63) is 0 Å². The van der Waals surface area contributed by atoms with E-state index < -0.39 is 0 Å². The van der Waals surface area contributed by atoms with Crippen LogP contribution in [0, 0.1) is 17.8 Å². The van der Waals surface area contributed by atoms with Gasteiger partial charge in [-0.3, -0.25) is 0 Å². The van der Waals surface area contributed by atoms with Crippen molar-refractivity contribution in [2.45, 2.75) is 45.6 Å². The lowest BCUT2D eigenvalue weighted by molar-refractivity contribution is -0.716. The van der Waals surface area contributed by atoms with Gasteiger partial charge in [-0.2, -0.15) is 0 Å². The second-order valence-corrected chi connectivity index (χ2v) is 4.94. The number of nitrogens with two attached hydrogens (primary N) is 1. The molecule has 1 nitrogen and oxygen atoms in total. The number of quaternary nitrogens is 1. The molecular weight excluding hydrogens is 146 g/mol. The zero-order chi connectivity index (χ0) is 8.55. The highest BCUT2D eigenvalue weighted by Crippen LogP contribution is 2.34. The molecular formula is C11H22N+. The van der Waals surface area contributed by atoms with Crippen LogP contribution in [0.25, 0.3) is 0 Å². The van der Waals surface area contributed by atoms with Gasteiger partial charge in [-0.1, -0.05) is 20.3 Å². The maximum Gasteiger partial charge on any atom is 0.0915 e. The van der Waals surface area contributed by atoms with E-state index in [4.69, 9.17) is 0 Å². The predicted molar refractivity (Wildman–Crippen MR) is 50.9 cm³/mol. The first-order valence-electron chi connectivity index (χ1n) is 5.62. The largest absolute Gasteiger partial charge is 0.343 e. The third-order valence-electron chi connectivity index (χ3n) is 4.14. The summed E-state index contributed by atoms with van der Waals surface area (Å²) in [5.41, 5.74) is 0. The van der Waals surface area contributed by atoms with Crippen molar-refractivity contribution in [2.75, 3.05) is 6.54 Å². The first-order chi connectivity index (χ1) is 5.79. The summed E-state index contributed by atoms with van der Waals surface area (Å²) in [6.07, 6.45) is 5.92. The third-order valence-corrected chi connectivity index (χ3v) is 4.14. The first-order valence-corrected chi connectivity index (χ1v) is 5.62. The Kier molecular flexibility index (Phi) is 2.40. The fourth-order valence-electron chi connectivity index (χ4n) is 3.32. The van der Waals surface area contributed by atoms with Gasteiger partial charge < -0.3 is 5.32 Å². The average molecular weight is 168 g/mol. The van der Waals surface area contributed by atoms with Crippen LogP contribution in [0.1, 0.15) is 39.5 Å². The minimum absolute atomic E-state index is 0.975. The molecule has 4 atom stereocenters. The molecule has 0 unspecified atom stereocenters. The Morgan fingerprint density at radius 2 is 1.83 bits per heavy atom. The molecule has 2 rings (SSSR count). The Morgan fingerprint density at radius 1 is 1.00 bits per heavy atom. The molecule has 0 aromatic heterocycles. The first kappa shape index (κ1) is 8.55. The molecule has 0 bridgehead atoms. The van der Waals surface area contributed by atoms with Gasteiger partial charge in [0.1, 0.15) is 0 Å². The van der Waals surface area contributed by atoms with E-state index in [0.29, 0.717) is 0 Å². The highest BCUT2D eigenvalue weighted by Gasteiger charge is 2.39. The van der Waals surface area contributed by atoms with E-state index >= 15 is 0 Å². The minimum Gasteiger partial charge on any atom is -0.343 e. The van der Waals surface area contributed by atoms with Gasteiger partial charge >= 0.3 is 0 Å². The van der Waals surface area contributed by atoms with Crippen molar-refractivity contribution in [2.24, 2.45) is 17.8 Å². The standard InChI is InChI=1S/C11H21N/c1-8-6-7-12-11-9(2)4-3-5-10(8)11/h8-12H,3-7H2,1-2H3/p+1/t8-,9-,10-,11-/m0/s1. The van der Waals surface area contributed by atoms with Gasteiger partial charge in [-0.15, -0.1) is 0 Å². The number of hydrogen-bond donors (Lipinski definition) is 1. The van der Waals surface area contributed by atoms with Crippen LogP contribution in [0.3, 0.4) is 0 Å². The van der Waals surface area contributed by atoms with Gasteiger partial charge in [0.05, 0.1) is 12.6 Å². The lowest BCUT2D eigenvalue weighted by Gasteiger charge is -2.41. The van der Waals surface area contributed by atoms with E-state index in [-0.39, 0.29) is 0 Å². The van der Waals surface area contributed by atoms with Crippen LogP contribution < -0.4 is 5.32 Å². The summed E-state index contributed by atoms with van der Waals surface area (Å²) >= 11 is 0. The molecule has 1 heterocycles. The summed E-state index contributed by atoms with van der Waals surface area (Å²) in [6, 6.07) is 0.975. The second kappa shape index (κ2) is 3.37. The van der Waals surface area contributed by atoms with Gasteiger partial charge in [0.15, 0.2) is 0 Å². The highest BCUT2D eigenvalue weighted by molar-refractivity contribution is 4.84. The van der Waals surface area contributed by atoms with E-state index in [1.807, 2.05) is 0 Å². The molecule has 12 heavy (non-hydrogen) atoms. The van der Waals surface area contributed by atoms with Gasteiger partial charge in [-0.25, -0.2) is 0 Å². The van der Waals surface area contributed by atoms with Crippen molar-refractivity contribution in [3.8, 4) is 0 Å². The van der Waals surface area contributed by atoms with Crippen molar-refractivity contribution < 1.29 is 5.32 Å². The summed E-state index contributed by atoms with van der Waals surface area (Å²) in [5, 5.41) is 2.62. The molecule has 2 N–H and O–H groups in total. The molecule has 2 fully saturated rings. The van der Waals surface area contributed by atoms with E-state index in [1.54, 1.807) is 0 Å². The van der Waals surface area contributed by atoms with Crippen LogP contribution in [0.4, 0.5) is 0 Å². The number of hydrogen-bond acceptors (Lipinski definition) is 0. The number of piperidine rings is 1. The zero-order valence-electron chi connectivity index (χ0n) is 8.42. The fourth-order valence-corrected chi connectivity index (χ4v) is 3.32. The lowest BCUT2D eigenvalue weighted by atomic mass is 9.69. The van der Waals surface area contributed by atoms with Crippen molar-refractivity contribution in [3.63, 3.8) is 0 Å². The molecule has 1 saturated heterocycles. The monoisotopic (exact) mass is 168 g/mol. The topological polar surface area (TPSA) is 16.6 Å². The minimum atomic E-state index is 0.975. The Bertz CT molecular complexity index is 137. The Balaban J connectivity index is 2.05. The van der Waals surface area contributed by atoms with Crippen molar-refractivity contribution in [1.29, 1.82) is 0 Å². The maximum atomic E-state index is 2.62. The fraction of sp³-hybridized carbons (Fsp3) is 1.00. The van der Waals surface area contributed by atoms with Gasteiger partial charge in [-0.05, 0) is 25.2 Å². The molecule has 1 saturated carbocycles. The van der Waals surface area contributed by atoms with Crippen LogP contribution in [0.2, 0.25) is 0 Å². The summed E-state index contributed by atoms with van der Waals surface area (Å²) in [6.45, 7) is 6.29. The van der Waals surface area contributed by atoms with E-state index in [1.165, 1.54) is 32.2 Å². The van der Waals surface area contributed by atoms with Crippen LogP contribution in [-0.4, -0.2) is 12.6 Å². The highest BCUT2D eigenvalue weighted by atomic mass is 14.9. The van der Waals surface area contributed by atoms with E-state index in [2.05, 4.69) is 19.2 Å². The molecule has 1 aliphatic carbocycles. The molecule has 1 aliphatic heterocycles. The summed E-state index contributed by atoms with van der Waals surface area (Å²) < 4.78 is 0. The maximum absolute atomic E-state index is 2.62. The van der Waals surface area contributed by atoms with Crippen LogP contribution in [-0.2, 0) is 0 Å². The summed E-state index contributed by atoms with van der Waals surface area (Å²) in [5.74, 6) is 3.02. The van der Waals surface area contributed by atoms with Crippen LogP contribution >= 0.6 is 0 Å². The number of rotatable bonds is 0. The molecule has 0 amide bonds. The Hall–Kier alpha value is -0.0400. The Morgan fingerprint density at radius 3 is 2.58 bits per heavy atom. The number of fused-ring (bicyclic) bond motifs is 1. The van der Waals surface area contributed by atoms with E-state index in [0.717, 1.165) is 23.8 Å². The zero-order valence-corrected chi connectivity index (χ0v) is 8.42. The molecule has 2 aliphatic rings. The van der Waals surface area contributed by atoms with Crippen LogP contribution in [0.15, 0.2) is 0 Å². The molecule has 0 aromatic carbocycles. The Labute approximate surface area is 75.9 Å². The molecule has 0 spiro atoms. The molecule has 0 radical (unpaired) electrons. The third kappa shape index (κ3) is 1.39. The molecule has 70 valence electrons. The average Bonchev–Trinajstić information content (AvgIpc) is 2.07. The predicted octanol–water partition coefficient (Wildman–Crippen LogP) is 1.39. The second-order valence-electron chi connectivity index (χ2n) is 4.94. The quantitative estimate of drug-likeness (QED) is 0.563. The molecule has 1 heteroatoms. The van der Waals surface area contributed by atoms with Gasteiger partial charge in [0.25, 0.3) is 0 Å². The smallest absolute Gasteiger partial charge is 0.0915 e. The van der Waals surface area contributed by atoms with Crippen molar-refractivity contribution >= 4 is 0 Å².